The van der Waals surface area contributed by atoms with Crippen molar-refractivity contribution in [1.82, 2.24) is 0 Å². The lowest BCUT2D eigenvalue weighted by Gasteiger charge is -2.27. The predicted octanol–water partition coefficient (Wildman–Crippen LogP) is 0.344. The van der Waals surface area contributed by atoms with Crippen molar-refractivity contribution in [2.45, 2.75) is 18.6 Å². The van der Waals surface area contributed by atoms with Crippen molar-refractivity contribution in [3.8, 4) is 0 Å². The van der Waals surface area contributed by atoms with Crippen LogP contribution < -0.4 is 0 Å². The van der Waals surface area contributed by atoms with Crippen molar-refractivity contribution in [2.75, 3.05) is 0 Å². The highest BCUT2D eigenvalue weighted by molar-refractivity contribution is 6.08. The topological polar surface area (TPSA) is 46.7 Å². The molecule has 3 fully saturated rings. The number of epoxide rings is 1. The lowest BCUT2D eigenvalue weighted by atomic mass is 9.72. The van der Waals surface area contributed by atoms with Gasteiger partial charge in [-0.25, -0.2) is 0 Å². The Morgan fingerprint density at radius 1 is 1.00 bits per heavy atom. The fourth-order valence-electron chi connectivity index (χ4n) is 3.80. The number of hydrogen-bond acceptors (Lipinski definition) is 3. The highest BCUT2D eigenvalue weighted by atomic mass is 16.6. The average Bonchev–Trinajstić information content (AvgIpc) is 2.79. The van der Waals surface area contributed by atoms with E-state index in [0.717, 1.165) is 6.42 Å². The largest absolute Gasteiger partial charge is 0.369 e. The van der Waals surface area contributed by atoms with Crippen LogP contribution in [0.4, 0.5) is 0 Å². The van der Waals surface area contributed by atoms with Crippen molar-refractivity contribution < 1.29 is 14.3 Å². The Kier molecular flexibility index (Phi) is 1.05. The first-order chi connectivity index (χ1) is 6.77. The number of fused-ring (bicyclic) bond motifs is 8. The van der Waals surface area contributed by atoms with Crippen molar-refractivity contribution in [3.05, 3.63) is 12.2 Å². The lowest BCUT2D eigenvalue weighted by Crippen LogP contribution is -2.39. The molecule has 0 radical (unpaired) electrons. The molecule has 14 heavy (non-hydrogen) atoms. The van der Waals surface area contributed by atoms with E-state index in [0.29, 0.717) is 24.0 Å². The quantitative estimate of drug-likeness (QED) is 0.517. The lowest BCUT2D eigenvalue weighted by molar-refractivity contribution is -0.130. The van der Waals surface area contributed by atoms with Gasteiger partial charge >= 0.3 is 0 Å². The first kappa shape index (κ1) is 7.35. The van der Waals surface area contributed by atoms with Crippen molar-refractivity contribution >= 4 is 11.6 Å². The van der Waals surface area contributed by atoms with Gasteiger partial charge in [0.2, 0.25) is 0 Å². The molecule has 1 heterocycles. The number of allylic oxidation sites excluding steroid dienone is 2. The second-order valence-corrected chi connectivity index (χ2v) is 4.82. The average molecular weight is 190 g/mol. The minimum Gasteiger partial charge on any atom is -0.369 e. The Hall–Kier alpha value is -0.960. The molecule has 0 aromatic carbocycles. The molecule has 0 unspecified atom stereocenters. The van der Waals surface area contributed by atoms with E-state index < -0.39 is 0 Å². The van der Waals surface area contributed by atoms with E-state index in [4.69, 9.17) is 4.74 Å². The van der Waals surface area contributed by atoms with E-state index in [9.17, 15) is 9.59 Å². The van der Waals surface area contributed by atoms with Gasteiger partial charge in [0.1, 0.15) is 0 Å². The molecule has 4 aliphatic rings. The van der Waals surface area contributed by atoms with Crippen molar-refractivity contribution in [2.24, 2.45) is 23.7 Å². The molecule has 3 nitrogen and oxygen atoms in total. The van der Waals surface area contributed by atoms with E-state index in [2.05, 4.69) is 0 Å². The summed E-state index contributed by atoms with van der Waals surface area (Å²) in [5.74, 6) is 0.905. The molecule has 3 heteroatoms. The Balaban J connectivity index is 1.84. The van der Waals surface area contributed by atoms with Crippen LogP contribution in [0.25, 0.3) is 0 Å². The Morgan fingerprint density at radius 3 is 2.00 bits per heavy atom. The molecule has 72 valence electrons. The molecule has 0 aromatic rings. The molecule has 2 bridgehead atoms. The molecule has 3 aliphatic carbocycles. The Morgan fingerprint density at radius 2 is 1.50 bits per heavy atom. The van der Waals surface area contributed by atoms with Gasteiger partial charge in [0.05, 0.1) is 12.2 Å². The number of rotatable bonds is 0. The maximum absolute atomic E-state index is 11.7. The molecule has 0 spiro atoms. The predicted molar refractivity (Wildman–Crippen MR) is 46.4 cm³/mol. The normalized spacial score (nSPS) is 57.4. The van der Waals surface area contributed by atoms with Gasteiger partial charge in [0, 0.05) is 11.8 Å². The first-order valence-corrected chi connectivity index (χ1v) is 5.18. The third-order valence-corrected chi connectivity index (χ3v) is 4.33. The van der Waals surface area contributed by atoms with Gasteiger partial charge < -0.3 is 4.74 Å². The first-order valence-electron chi connectivity index (χ1n) is 5.18. The molecule has 2 saturated carbocycles. The Labute approximate surface area is 81.1 Å². The van der Waals surface area contributed by atoms with E-state index in [1.54, 1.807) is 0 Å². The third-order valence-electron chi connectivity index (χ3n) is 4.33. The molecule has 0 amide bonds. The van der Waals surface area contributed by atoms with Gasteiger partial charge in [0.15, 0.2) is 11.6 Å². The van der Waals surface area contributed by atoms with Crippen LogP contribution >= 0.6 is 0 Å². The SMILES string of the molecule is O=C1C=CC(=O)[C@H]2[C@@H]3C[C@@H]([C@H]4O[C@H]34)[C@@H]12. The van der Waals surface area contributed by atoms with Gasteiger partial charge in [-0.1, -0.05) is 0 Å². The van der Waals surface area contributed by atoms with Crippen LogP contribution in [0.2, 0.25) is 0 Å². The van der Waals surface area contributed by atoms with Crippen molar-refractivity contribution in [3.63, 3.8) is 0 Å². The van der Waals surface area contributed by atoms with Gasteiger partial charge in [-0.15, -0.1) is 0 Å². The minimum absolute atomic E-state index is 0.0405. The van der Waals surface area contributed by atoms with Crippen LogP contribution in [0.5, 0.6) is 0 Å². The summed E-state index contributed by atoms with van der Waals surface area (Å²) in [6.07, 6.45) is 4.57. The molecule has 1 aliphatic heterocycles. The van der Waals surface area contributed by atoms with E-state index in [1.807, 2.05) is 0 Å². The summed E-state index contributed by atoms with van der Waals surface area (Å²) < 4.78 is 5.50. The summed E-state index contributed by atoms with van der Waals surface area (Å²) in [5.41, 5.74) is 0. The van der Waals surface area contributed by atoms with Crippen LogP contribution in [0, 0.1) is 23.7 Å². The van der Waals surface area contributed by atoms with E-state index in [1.165, 1.54) is 12.2 Å². The fourth-order valence-corrected chi connectivity index (χ4v) is 3.80. The monoisotopic (exact) mass is 190 g/mol. The molecule has 0 aromatic heterocycles. The number of carbonyl (C=O) groups excluding carboxylic acids is 2. The minimum atomic E-state index is -0.0405. The second-order valence-electron chi connectivity index (χ2n) is 4.82. The van der Waals surface area contributed by atoms with Gasteiger partial charge in [-0.3, -0.25) is 9.59 Å². The molecule has 1 saturated heterocycles. The highest BCUT2D eigenvalue weighted by Gasteiger charge is 2.70. The van der Waals surface area contributed by atoms with Crippen LogP contribution in [-0.2, 0) is 14.3 Å². The number of ether oxygens (including phenoxy) is 1. The Bertz CT molecular complexity index is 350. The summed E-state index contributed by atoms with van der Waals surface area (Å²) in [4.78, 5) is 23.4. The summed E-state index contributed by atoms with van der Waals surface area (Å²) in [6.45, 7) is 0. The summed E-state index contributed by atoms with van der Waals surface area (Å²) >= 11 is 0. The molecule has 6 atom stereocenters. The molecule has 4 rings (SSSR count). The molecular weight excluding hydrogens is 180 g/mol. The number of ketones is 2. The number of hydrogen-bond donors (Lipinski definition) is 0. The van der Waals surface area contributed by atoms with E-state index in [-0.39, 0.29) is 23.4 Å². The second kappa shape index (κ2) is 2.01. The van der Waals surface area contributed by atoms with Gasteiger partial charge in [0.25, 0.3) is 0 Å². The maximum atomic E-state index is 11.7. The fraction of sp³-hybridized carbons (Fsp3) is 0.636. The maximum Gasteiger partial charge on any atom is 0.160 e. The molecule has 0 N–H and O–H groups in total. The van der Waals surface area contributed by atoms with Crippen LogP contribution in [0.3, 0.4) is 0 Å². The van der Waals surface area contributed by atoms with Crippen LogP contribution in [0.1, 0.15) is 6.42 Å². The zero-order valence-electron chi connectivity index (χ0n) is 7.55. The van der Waals surface area contributed by atoms with Crippen LogP contribution in [0.15, 0.2) is 12.2 Å². The van der Waals surface area contributed by atoms with E-state index >= 15 is 0 Å². The summed E-state index contributed by atoms with van der Waals surface area (Å²) in [5, 5.41) is 0. The van der Waals surface area contributed by atoms with Crippen molar-refractivity contribution in [1.29, 1.82) is 0 Å². The molecular formula is C11H10O3. The van der Waals surface area contributed by atoms with Crippen LogP contribution in [-0.4, -0.2) is 23.8 Å². The summed E-state index contributed by atoms with van der Waals surface area (Å²) in [7, 11) is 0. The zero-order chi connectivity index (χ0) is 9.45. The third kappa shape index (κ3) is 0.630. The number of carbonyl (C=O) groups is 2. The van der Waals surface area contributed by atoms with Gasteiger partial charge in [-0.05, 0) is 30.4 Å². The highest BCUT2D eigenvalue weighted by Crippen LogP contribution is 2.62. The van der Waals surface area contributed by atoms with Gasteiger partial charge in [-0.2, -0.15) is 0 Å². The summed E-state index contributed by atoms with van der Waals surface area (Å²) in [6, 6.07) is 0. The zero-order valence-corrected chi connectivity index (χ0v) is 7.55. The smallest absolute Gasteiger partial charge is 0.160 e. The standard InChI is InChI=1S/C11H10O3/c12-6-1-2-7(13)9-5-3-4(8(6)9)10-11(5)14-10/h1-2,4-5,8-11H,3H2/t4-,5+,8+,9-,10-,11-/m1/s1.